The van der Waals surface area contributed by atoms with Crippen molar-refractivity contribution in [3.63, 3.8) is 0 Å². The summed E-state index contributed by atoms with van der Waals surface area (Å²) in [5.74, 6) is -1.27. The molecule has 1 heterocycles. The van der Waals surface area contributed by atoms with Crippen molar-refractivity contribution in [2.45, 2.75) is 6.92 Å². The van der Waals surface area contributed by atoms with Crippen LogP contribution >= 0.6 is 24.0 Å². The minimum Gasteiger partial charge on any atom is -0.478 e. The van der Waals surface area contributed by atoms with Crippen LogP contribution < -0.4 is 4.90 Å². The molecule has 0 unspecified atom stereocenters. The number of hydrogen-bond acceptors (Lipinski definition) is 4. The number of carboxylic acids is 1. The fourth-order valence-electron chi connectivity index (χ4n) is 2.34. The van der Waals surface area contributed by atoms with Gasteiger partial charge in [-0.15, -0.1) is 0 Å². The maximum absolute atomic E-state index is 12.7. The van der Waals surface area contributed by atoms with Gasteiger partial charge >= 0.3 is 5.97 Å². The van der Waals surface area contributed by atoms with Crippen molar-refractivity contribution in [2.75, 3.05) is 4.90 Å². The molecule has 0 aliphatic carbocycles. The molecular formula is C18H13NO3S2. The van der Waals surface area contributed by atoms with Gasteiger partial charge in [0.1, 0.15) is 0 Å². The summed E-state index contributed by atoms with van der Waals surface area (Å²) in [6.45, 7) is 1.97. The molecule has 1 N–H and O–H groups in total. The summed E-state index contributed by atoms with van der Waals surface area (Å²) in [6, 6.07) is 14.1. The lowest BCUT2D eigenvalue weighted by Crippen LogP contribution is -2.27. The summed E-state index contributed by atoms with van der Waals surface area (Å²) >= 11 is 6.49. The van der Waals surface area contributed by atoms with Crippen LogP contribution in [0.4, 0.5) is 5.69 Å². The Hall–Kier alpha value is -2.44. The summed E-state index contributed by atoms with van der Waals surface area (Å²) in [6.07, 6.45) is 1.58. The number of benzene rings is 2. The van der Waals surface area contributed by atoms with Crippen molar-refractivity contribution >= 4 is 51.9 Å². The van der Waals surface area contributed by atoms with E-state index in [1.165, 1.54) is 22.7 Å². The normalized spacial score (nSPS) is 16.0. The number of anilines is 1. The first-order valence-corrected chi connectivity index (χ1v) is 8.37. The molecule has 24 heavy (non-hydrogen) atoms. The van der Waals surface area contributed by atoms with E-state index in [1.54, 1.807) is 24.3 Å². The molecule has 2 aromatic carbocycles. The highest BCUT2D eigenvalue weighted by atomic mass is 32.2. The number of nitrogens with zero attached hydrogens (tertiary/aromatic N) is 1. The Morgan fingerprint density at radius 3 is 2.50 bits per heavy atom. The Bertz CT molecular complexity index is 872. The van der Waals surface area contributed by atoms with E-state index in [0.717, 1.165) is 5.56 Å². The van der Waals surface area contributed by atoms with E-state index in [-0.39, 0.29) is 11.5 Å². The molecule has 2 aromatic rings. The fraction of sp³-hybridized carbons (Fsp3) is 0.0556. The summed E-state index contributed by atoms with van der Waals surface area (Å²) < 4.78 is 0.433. The van der Waals surface area contributed by atoms with Crippen LogP contribution in [0, 0.1) is 6.92 Å². The first-order chi connectivity index (χ1) is 11.5. The molecule has 3 rings (SSSR count). The molecule has 0 radical (unpaired) electrons. The third-order valence-corrected chi connectivity index (χ3v) is 4.87. The van der Waals surface area contributed by atoms with Gasteiger partial charge in [0.15, 0.2) is 4.32 Å². The lowest BCUT2D eigenvalue weighted by Gasteiger charge is -2.14. The number of rotatable bonds is 3. The number of aryl methyl sites for hydroxylation is 1. The van der Waals surface area contributed by atoms with E-state index in [0.29, 0.717) is 20.5 Å². The minimum absolute atomic E-state index is 0.151. The first-order valence-electron chi connectivity index (χ1n) is 7.14. The number of aromatic carboxylic acids is 1. The monoisotopic (exact) mass is 355 g/mol. The largest absolute Gasteiger partial charge is 0.478 e. The summed E-state index contributed by atoms with van der Waals surface area (Å²) in [5, 5.41) is 9.26. The summed E-state index contributed by atoms with van der Waals surface area (Å²) in [5.41, 5.74) is 2.43. The highest BCUT2D eigenvalue weighted by Gasteiger charge is 2.33. The molecule has 1 amide bonds. The van der Waals surface area contributed by atoms with Crippen LogP contribution in [0.5, 0.6) is 0 Å². The molecule has 120 valence electrons. The van der Waals surface area contributed by atoms with E-state index in [9.17, 15) is 14.7 Å². The molecule has 1 fully saturated rings. The lowest BCUT2D eigenvalue weighted by molar-refractivity contribution is -0.113. The number of amides is 1. The number of thiocarbonyl (C=S) groups is 1. The molecule has 4 nitrogen and oxygen atoms in total. The molecule has 1 aliphatic heterocycles. The maximum Gasteiger partial charge on any atom is 0.336 e. The Balaban J connectivity index is 1.97. The molecule has 6 heteroatoms. The second-order valence-electron chi connectivity index (χ2n) is 5.25. The second kappa shape index (κ2) is 6.59. The zero-order valence-corrected chi connectivity index (χ0v) is 14.4. The lowest BCUT2D eigenvalue weighted by atomic mass is 10.1. The van der Waals surface area contributed by atoms with Crippen molar-refractivity contribution in [1.29, 1.82) is 0 Å². The third-order valence-electron chi connectivity index (χ3n) is 3.56. The molecule has 1 saturated heterocycles. The number of thioether (sulfide) groups is 1. The van der Waals surface area contributed by atoms with Crippen molar-refractivity contribution in [1.82, 2.24) is 0 Å². The third kappa shape index (κ3) is 3.11. The van der Waals surface area contributed by atoms with E-state index >= 15 is 0 Å². The fourth-order valence-corrected chi connectivity index (χ4v) is 3.63. The highest BCUT2D eigenvalue weighted by Crippen LogP contribution is 2.36. The van der Waals surface area contributed by atoms with Gasteiger partial charge in [-0.2, -0.15) is 0 Å². The first kappa shape index (κ1) is 16.4. The van der Waals surface area contributed by atoms with Crippen molar-refractivity contribution in [3.05, 3.63) is 70.1 Å². The zero-order chi connectivity index (χ0) is 17.3. The molecular weight excluding hydrogens is 342 g/mol. The van der Waals surface area contributed by atoms with Gasteiger partial charge < -0.3 is 5.11 Å². The number of carboxylic acid groups (broad SMARTS) is 1. The molecule has 0 aromatic heterocycles. The van der Waals surface area contributed by atoms with E-state index < -0.39 is 5.97 Å². The summed E-state index contributed by atoms with van der Waals surface area (Å²) in [4.78, 5) is 25.9. The predicted molar refractivity (Wildman–Crippen MR) is 100 cm³/mol. The smallest absolute Gasteiger partial charge is 0.336 e. The minimum atomic E-state index is -1.03. The van der Waals surface area contributed by atoms with Gasteiger partial charge in [0.25, 0.3) is 5.91 Å². The van der Waals surface area contributed by atoms with E-state index in [4.69, 9.17) is 12.2 Å². The zero-order valence-electron chi connectivity index (χ0n) is 12.7. The number of carbonyl (C=O) groups is 2. The van der Waals surface area contributed by atoms with Crippen molar-refractivity contribution in [2.24, 2.45) is 0 Å². The molecule has 0 atom stereocenters. The van der Waals surface area contributed by atoms with Gasteiger partial charge in [0.05, 0.1) is 16.2 Å². The van der Waals surface area contributed by atoms with Crippen LogP contribution in [0.25, 0.3) is 6.08 Å². The van der Waals surface area contributed by atoms with Crippen LogP contribution in [0.15, 0.2) is 53.4 Å². The quantitative estimate of drug-likeness (QED) is 0.663. The van der Waals surface area contributed by atoms with Gasteiger partial charge in [-0.3, -0.25) is 9.69 Å². The van der Waals surface area contributed by atoms with Gasteiger partial charge in [-0.25, -0.2) is 4.79 Å². The van der Waals surface area contributed by atoms with Gasteiger partial charge in [-0.1, -0.05) is 59.9 Å². The van der Waals surface area contributed by atoms with Crippen LogP contribution in [0.1, 0.15) is 21.5 Å². The number of hydrogen-bond donors (Lipinski definition) is 1. The average molecular weight is 355 g/mol. The second-order valence-corrected chi connectivity index (χ2v) is 6.92. The standard InChI is InChI=1S/C18H13NO3S2/c1-11-6-8-13(9-7-11)19-16(20)15(24-18(19)23)10-12-4-2-3-5-14(12)17(21)22/h2-10H,1H3,(H,21,22)/b15-10-. The van der Waals surface area contributed by atoms with Crippen molar-refractivity contribution in [3.8, 4) is 0 Å². The van der Waals surface area contributed by atoms with Crippen LogP contribution in [0.3, 0.4) is 0 Å². The Labute approximate surface area is 148 Å². The average Bonchev–Trinajstić information content (AvgIpc) is 2.83. The predicted octanol–water partition coefficient (Wildman–Crippen LogP) is 4.10. The molecule has 0 spiro atoms. The highest BCUT2D eigenvalue weighted by molar-refractivity contribution is 8.27. The van der Waals surface area contributed by atoms with Crippen LogP contribution in [0.2, 0.25) is 0 Å². The topological polar surface area (TPSA) is 57.6 Å². The van der Waals surface area contributed by atoms with E-state index in [2.05, 4.69) is 0 Å². The summed E-state index contributed by atoms with van der Waals surface area (Å²) in [7, 11) is 0. The van der Waals surface area contributed by atoms with Crippen LogP contribution in [-0.4, -0.2) is 21.3 Å². The number of carbonyl (C=O) groups excluding carboxylic acids is 1. The maximum atomic E-state index is 12.7. The SMILES string of the molecule is Cc1ccc(N2C(=O)/C(=C/c3ccccc3C(=O)O)SC2=S)cc1. The van der Waals surface area contributed by atoms with Gasteiger partial charge in [0, 0.05) is 0 Å². The Morgan fingerprint density at radius 1 is 1.17 bits per heavy atom. The van der Waals surface area contributed by atoms with Crippen LogP contribution in [-0.2, 0) is 4.79 Å². The van der Waals surface area contributed by atoms with Gasteiger partial charge in [-0.05, 0) is 36.8 Å². The molecule has 0 bridgehead atoms. The molecule has 0 saturated carbocycles. The van der Waals surface area contributed by atoms with E-state index in [1.807, 2.05) is 31.2 Å². The Kier molecular flexibility index (Phi) is 4.51. The Morgan fingerprint density at radius 2 is 1.83 bits per heavy atom. The van der Waals surface area contributed by atoms with Crippen molar-refractivity contribution < 1.29 is 14.7 Å². The molecule has 1 aliphatic rings. The van der Waals surface area contributed by atoms with Gasteiger partial charge in [0.2, 0.25) is 0 Å².